The van der Waals surface area contributed by atoms with Crippen LogP contribution < -0.4 is 4.74 Å². The summed E-state index contributed by atoms with van der Waals surface area (Å²) in [5.74, 6) is -0.116. The summed E-state index contributed by atoms with van der Waals surface area (Å²) in [5, 5.41) is 3.82. The topological polar surface area (TPSA) is 65.0 Å². The van der Waals surface area contributed by atoms with Crippen LogP contribution in [0.4, 0.5) is 0 Å². The zero-order chi connectivity index (χ0) is 15.0. The van der Waals surface area contributed by atoms with Gasteiger partial charge >= 0.3 is 11.9 Å². The van der Waals surface area contributed by atoms with Crippen molar-refractivity contribution in [3.05, 3.63) is 29.8 Å². The summed E-state index contributed by atoms with van der Waals surface area (Å²) in [7, 11) is 0. The maximum Gasteiger partial charge on any atom is 0.331 e. The predicted molar refractivity (Wildman–Crippen MR) is 76.0 cm³/mol. The summed E-state index contributed by atoms with van der Waals surface area (Å²) in [6.45, 7) is 2.58. The molecule has 20 heavy (non-hydrogen) atoms. The third-order valence-corrected chi connectivity index (χ3v) is 2.55. The molecule has 1 aromatic rings. The first-order valence-electron chi connectivity index (χ1n) is 6.12. The second kappa shape index (κ2) is 8.32. The quantitative estimate of drug-likeness (QED) is 0.202. The molecule has 0 spiro atoms. The van der Waals surface area contributed by atoms with Crippen LogP contribution in [0.15, 0.2) is 29.4 Å². The highest BCUT2D eigenvalue weighted by Crippen LogP contribution is 2.21. The molecule has 6 heteroatoms. The minimum absolute atomic E-state index is 0.375. The Hall–Kier alpha value is -1.88. The fourth-order valence-corrected chi connectivity index (χ4v) is 1.67. The monoisotopic (exact) mass is 297 g/mol. The normalized spacial score (nSPS) is 11.1. The molecule has 1 aromatic carbocycles. The Morgan fingerprint density at radius 3 is 2.50 bits per heavy atom. The number of benzene rings is 1. The summed E-state index contributed by atoms with van der Waals surface area (Å²) in [6.07, 6.45) is 1.17. The van der Waals surface area contributed by atoms with Crippen molar-refractivity contribution in [2.75, 3.05) is 5.88 Å². The van der Waals surface area contributed by atoms with Crippen LogP contribution in [0.5, 0.6) is 5.75 Å². The number of para-hydroxylation sites is 1. The summed E-state index contributed by atoms with van der Waals surface area (Å²) >= 11 is 5.67. The smallest absolute Gasteiger partial charge is 0.331 e. The lowest BCUT2D eigenvalue weighted by molar-refractivity contribution is -0.141. The average molecular weight is 298 g/mol. The van der Waals surface area contributed by atoms with Gasteiger partial charge in [-0.3, -0.25) is 4.79 Å². The molecule has 1 rings (SSSR count). The van der Waals surface area contributed by atoms with Gasteiger partial charge in [-0.25, -0.2) is 4.79 Å². The van der Waals surface area contributed by atoms with Crippen molar-refractivity contribution in [3.63, 3.8) is 0 Å². The number of carbonyl (C=O) groups is 2. The van der Waals surface area contributed by atoms with Gasteiger partial charge in [0.05, 0.1) is 5.71 Å². The third kappa shape index (κ3) is 5.40. The number of alkyl halides is 1. The lowest BCUT2D eigenvalue weighted by Gasteiger charge is -2.10. The van der Waals surface area contributed by atoms with Gasteiger partial charge in [0, 0.05) is 25.3 Å². The highest BCUT2D eigenvalue weighted by molar-refractivity contribution is 6.18. The molecule has 0 aliphatic rings. The molecule has 0 fully saturated rings. The fraction of sp³-hybridized carbons (Fsp3) is 0.357. The van der Waals surface area contributed by atoms with Gasteiger partial charge in [0.25, 0.3) is 0 Å². The molecule has 0 saturated carbocycles. The molecule has 0 unspecified atom stereocenters. The van der Waals surface area contributed by atoms with E-state index in [9.17, 15) is 9.59 Å². The number of ether oxygens (including phenoxy) is 1. The fourth-order valence-electron chi connectivity index (χ4n) is 1.53. The van der Waals surface area contributed by atoms with Gasteiger partial charge in [0.1, 0.15) is 5.75 Å². The van der Waals surface area contributed by atoms with Crippen LogP contribution >= 0.6 is 11.6 Å². The second-order valence-corrected chi connectivity index (χ2v) is 4.38. The molecule has 0 aliphatic heterocycles. The van der Waals surface area contributed by atoms with Crippen LogP contribution in [0.1, 0.15) is 32.3 Å². The van der Waals surface area contributed by atoms with Gasteiger partial charge in [-0.15, -0.1) is 11.6 Å². The van der Waals surface area contributed by atoms with Gasteiger partial charge in [-0.1, -0.05) is 17.3 Å². The minimum atomic E-state index is -0.515. The summed E-state index contributed by atoms with van der Waals surface area (Å²) in [4.78, 5) is 26.7. The Labute approximate surface area is 122 Å². The largest absolute Gasteiger partial charge is 0.426 e. The lowest BCUT2D eigenvalue weighted by Crippen LogP contribution is -2.10. The van der Waals surface area contributed by atoms with E-state index in [1.807, 2.05) is 0 Å². The molecule has 5 nitrogen and oxygen atoms in total. The van der Waals surface area contributed by atoms with Gasteiger partial charge in [0.2, 0.25) is 0 Å². The van der Waals surface area contributed by atoms with E-state index in [2.05, 4.69) is 9.99 Å². The van der Waals surface area contributed by atoms with E-state index in [1.165, 1.54) is 13.8 Å². The minimum Gasteiger partial charge on any atom is -0.426 e. The molecular formula is C14H16ClNO4. The maximum atomic E-state index is 11.1. The van der Waals surface area contributed by atoms with Crippen LogP contribution in [0.3, 0.4) is 0 Å². The van der Waals surface area contributed by atoms with Crippen molar-refractivity contribution in [1.82, 2.24) is 0 Å². The third-order valence-electron chi connectivity index (χ3n) is 2.28. The highest BCUT2D eigenvalue weighted by Gasteiger charge is 2.13. The first-order valence-corrected chi connectivity index (χ1v) is 6.66. The van der Waals surface area contributed by atoms with Crippen molar-refractivity contribution in [1.29, 1.82) is 0 Å². The van der Waals surface area contributed by atoms with Crippen LogP contribution in [-0.4, -0.2) is 23.5 Å². The lowest BCUT2D eigenvalue weighted by atomic mass is 10.1. The average Bonchev–Trinajstić information content (AvgIpc) is 2.39. The number of hydrogen-bond acceptors (Lipinski definition) is 5. The van der Waals surface area contributed by atoms with Gasteiger partial charge in [-0.05, 0) is 25.0 Å². The van der Waals surface area contributed by atoms with E-state index in [1.54, 1.807) is 24.3 Å². The molecule has 0 atom stereocenters. The Balaban J connectivity index is 3.08. The number of esters is 1. The van der Waals surface area contributed by atoms with Crippen LogP contribution in [-0.2, 0) is 14.4 Å². The number of oxime groups is 1. The number of carbonyl (C=O) groups excluding carboxylic acids is 2. The van der Waals surface area contributed by atoms with E-state index in [4.69, 9.17) is 16.3 Å². The summed E-state index contributed by atoms with van der Waals surface area (Å²) < 4.78 is 5.12. The Morgan fingerprint density at radius 2 is 1.90 bits per heavy atom. The van der Waals surface area contributed by atoms with E-state index in [0.29, 0.717) is 35.7 Å². The highest BCUT2D eigenvalue weighted by atomic mass is 35.5. The van der Waals surface area contributed by atoms with E-state index in [0.717, 1.165) is 0 Å². The summed E-state index contributed by atoms with van der Waals surface area (Å²) in [5.41, 5.74) is 1.12. The number of hydrogen-bond donors (Lipinski definition) is 0. The first kappa shape index (κ1) is 16.2. The molecule has 0 heterocycles. The van der Waals surface area contributed by atoms with Crippen LogP contribution in [0.25, 0.3) is 0 Å². The molecule has 0 bridgehead atoms. The number of halogens is 1. The second-order valence-electron chi connectivity index (χ2n) is 4.00. The molecule has 0 radical (unpaired) electrons. The SMILES string of the molecule is CC(=O)O/N=C(\CCCCl)c1ccccc1OC(C)=O. The molecule has 0 aromatic heterocycles. The van der Waals surface area contributed by atoms with Crippen molar-refractivity contribution >= 4 is 29.3 Å². The zero-order valence-corrected chi connectivity index (χ0v) is 12.1. The Bertz CT molecular complexity index is 514. The molecule has 0 amide bonds. The van der Waals surface area contributed by atoms with Gasteiger partial charge in [-0.2, -0.15) is 0 Å². The molecule has 0 aliphatic carbocycles. The standard InChI is InChI=1S/C14H16ClNO4/c1-10(17)19-14-8-4-3-6-12(14)13(7-5-9-15)16-20-11(2)18/h3-4,6,8H,5,7,9H2,1-2H3/b16-13+. The van der Waals surface area contributed by atoms with E-state index in [-0.39, 0.29) is 0 Å². The van der Waals surface area contributed by atoms with E-state index < -0.39 is 11.9 Å². The van der Waals surface area contributed by atoms with Gasteiger partial charge in [0.15, 0.2) is 0 Å². The van der Waals surface area contributed by atoms with Gasteiger partial charge < -0.3 is 9.57 Å². The summed E-state index contributed by atoms with van der Waals surface area (Å²) in [6, 6.07) is 6.93. The van der Waals surface area contributed by atoms with Crippen molar-refractivity contribution < 1.29 is 19.2 Å². The van der Waals surface area contributed by atoms with Crippen molar-refractivity contribution in [3.8, 4) is 5.75 Å². The number of rotatable bonds is 6. The number of nitrogens with zero attached hydrogens (tertiary/aromatic N) is 1. The predicted octanol–water partition coefficient (Wildman–Crippen LogP) is 2.90. The van der Waals surface area contributed by atoms with Crippen LogP contribution in [0.2, 0.25) is 0 Å². The zero-order valence-electron chi connectivity index (χ0n) is 11.4. The van der Waals surface area contributed by atoms with Crippen LogP contribution in [0, 0.1) is 0 Å². The molecule has 108 valence electrons. The van der Waals surface area contributed by atoms with E-state index >= 15 is 0 Å². The van der Waals surface area contributed by atoms with Crippen molar-refractivity contribution in [2.45, 2.75) is 26.7 Å². The first-order chi connectivity index (χ1) is 9.54. The molecular weight excluding hydrogens is 282 g/mol. The van der Waals surface area contributed by atoms with Crippen molar-refractivity contribution in [2.24, 2.45) is 5.16 Å². The Morgan fingerprint density at radius 1 is 1.20 bits per heavy atom. The molecule has 0 saturated heterocycles. The molecule has 0 N–H and O–H groups in total. The Kier molecular flexibility index (Phi) is 6.73. The maximum absolute atomic E-state index is 11.1.